The summed E-state index contributed by atoms with van der Waals surface area (Å²) in [6, 6.07) is 8.45. The molecule has 0 aliphatic carbocycles. The summed E-state index contributed by atoms with van der Waals surface area (Å²) in [5.41, 5.74) is 3.63. The van der Waals surface area contributed by atoms with Gasteiger partial charge in [0.25, 0.3) is 0 Å². The van der Waals surface area contributed by atoms with E-state index in [2.05, 4.69) is 40.7 Å². The first kappa shape index (κ1) is 10.8. The van der Waals surface area contributed by atoms with E-state index in [9.17, 15) is 0 Å². The second kappa shape index (κ2) is 4.19. The fourth-order valence-electron chi connectivity index (χ4n) is 2.50. The van der Waals surface area contributed by atoms with E-state index in [1.165, 1.54) is 29.7 Å². The molecule has 0 saturated heterocycles. The fourth-order valence-corrected chi connectivity index (χ4v) is 2.78. The molecule has 0 spiro atoms. The van der Waals surface area contributed by atoms with Crippen molar-refractivity contribution < 1.29 is 0 Å². The minimum absolute atomic E-state index is 0.682. The summed E-state index contributed by atoms with van der Waals surface area (Å²) in [5, 5.41) is 0.682. The maximum absolute atomic E-state index is 6.22. The Bertz CT molecular complexity index is 557. The zero-order valence-corrected chi connectivity index (χ0v) is 10.7. The van der Waals surface area contributed by atoms with Gasteiger partial charge in [-0.2, -0.15) is 0 Å². The van der Waals surface area contributed by atoms with Gasteiger partial charge in [-0.1, -0.05) is 35.4 Å². The maximum atomic E-state index is 6.22. The van der Waals surface area contributed by atoms with Crippen molar-refractivity contribution >= 4 is 11.6 Å². The van der Waals surface area contributed by atoms with Crippen LogP contribution in [0.4, 0.5) is 0 Å². The summed E-state index contributed by atoms with van der Waals surface area (Å²) in [6.07, 6.45) is 3.49. The number of aromatic nitrogens is 2. The van der Waals surface area contributed by atoms with E-state index in [1.54, 1.807) is 0 Å². The lowest BCUT2D eigenvalue weighted by Crippen LogP contribution is -2.11. The summed E-state index contributed by atoms with van der Waals surface area (Å²) in [6.45, 7) is 3.14. The highest BCUT2D eigenvalue weighted by molar-refractivity contribution is 6.30. The number of hydrogen-bond donors (Lipinski definition) is 0. The first-order valence-corrected chi connectivity index (χ1v) is 6.45. The van der Waals surface area contributed by atoms with Gasteiger partial charge >= 0.3 is 0 Å². The van der Waals surface area contributed by atoms with Crippen molar-refractivity contribution in [3.05, 3.63) is 40.7 Å². The molecule has 1 aromatic carbocycles. The topological polar surface area (TPSA) is 17.8 Å². The maximum Gasteiger partial charge on any atom is 0.150 e. The van der Waals surface area contributed by atoms with E-state index in [1.807, 2.05) is 0 Å². The number of hydrogen-bond acceptors (Lipinski definition) is 1. The van der Waals surface area contributed by atoms with E-state index < -0.39 is 0 Å². The first-order chi connectivity index (χ1) is 8.25. The minimum atomic E-state index is 0.682. The van der Waals surface area contributed by atoms with Crippen LogP contribution in [0, 0.1) is 6.92 Å². The largest absolute Gasteiger partial charge is 0.327 e. The van der Waals surface area contributed by atoms with Gasteiger partial charge in [-0.05, 0) is 32.3 Å². The van der Waals surface area contributed by atoms with Gasteiger partial charge in [0, 0.05) is 12.1 Å². The van der Waals surface area contributed by atoms with Crippen molar-refractivity contribution in [1.82, 2.24) is 9.55 Å². The summed E-state index contributed by atoms with van der Waals surface area (Å²) >= 11 is 6.22. The van der Waals surface area contributed by atoms with Gasteiger partial charge < -0.3 is 4.57 Å². The van der Waals surface area contributed by atoms with Crippen molar-refractivity contribution in [2.24, 2.45) is 0 Å². The van der Waals surface area contributed by atoms with E-state index in [-0.39, 0.29) is 0 Å². The molecule has 2 heterocycles. The SMILES string of the molecule is Cc1cccc(-c2nc(Cl)c3n2CCCC3)c1. The lowest BCUT2D eigenvalue weighted by Gasteiger charge is -2.16. The lowest BCUT2D eigenvalue weighted by molar-refractivity contribution is 0.536. The molecule has 1 aromatic heterocycles. The fraction of sp³-hybridized carbons (Fsp3) is 0.357. The number of imidazole rings is 1. The molecule has 0 radical (unpaired) electrons. The smallest absolute Gasteiger partial charge is 0.150 e. The van der Waals surface area contributed by atoms with Crippen LogP contribution in [0.15, 0.2) is 24.3 Å². The van der Waals surface area contributed by atoms with Gasteiger partial charge in [-0.3, -0.25) is 0 Å². The Kier molecular flexibility index (Phi) is 2.67. The molecule has 3 heteroatoms. The molecule has 0 unspecified atom stereocenters. The molecule has 0 saturated carbocycles. The molecular formula is C14H15ClN2. The normalized spacial score (nSPS) is 14.7. The molecule has 2 aromatic rings. The number of halogens is 1. The monoisotopic (exact) mass is 246 g/mol. The van der Waals surface area contributed by atoms with E-state index >= 15 is 0 Å². The van der Waals surface area contributed by atoms with Gasteiger partial charge in [-0.15, -0.1) is 0 Å². The van der Waals surface area contributed by atoms with E-state index in [0.717, 1.165) is 18.8 Å². The first-order valence-electron chi connectivity index (χ1n) is 6.07. The number of fused-ring (bicyclic) bond motifs is 1. The lowest BCUT2D eigenvalue weighted by atomic mass is 10.1. The van der Waals surface area contributed by atoms with Crippen LogP contribution < -0.4 is 0 Å². The van der Waals surface area contributed by atoms with Crippen LogP contribution >= 0.6 is 11.6 Å². The second-order valence-corrected chi connectivity index (χ2v) is 5.01. The summed E-state index contributed by atoms with van der Waals surface area (Å²) < 4.78 is 2.28. The van der Waals surface area contributed by atoms with Crippen molar-refractivity contribution in [2.45, 2.75) is 32.7 Å². The molecule has 0 bridgehead atoms. The third kappa shape index (κ3) is 1.87. The molecule has 0 N–H and O–H groups in total. The van der Waals surface area contributed by atoms with Crippen molar-refractivity contribution in [2.75, 3.05) is 0 Å². The molecule has 88 valence electrons. The second-order valence-electron chi connectivity index (χ2n) is 4.65. The molecule has 17 heavy (non-hydrogen) atoms. The molecule has 0 fully saturated rings. The van der Waals surface area contributed by atoms with Gasteiger partial charge in [0.2, 0.25) is 0 Å². The van der Waals surface area contributed by atoms with Gasteiger partial charge in [-0.25, -0.2) is 4.98 Å². The summed E-state index contributed by atoms with van der Waals surface area (Å²) in [7, 11) is 0. The average molecular weight is 247 g/mol. The molecule has 2 nitrogen and oxygen atoms in total. The highest BCUT2D eigenvalue weighted by Crippen LogP contribution is 2.30. The van der Waals surface area contributed by atoms with Crippen LogP contribution in [0.2, 0.25) is 5.15 Å². The third-order valence-corrected chi connectivity index (χ3v) is 3.65. The standard InChI is InChI=1S/C14H15ClN2/c1-10-5-4-6-11(9-10)14-16-13(15)12-7-2-3-8-17(12)14/h4-6,9H,2-3,7-8H2,1H3. The molecular weight excluding hydrogens is 232 g/mol. The number of rotatable bonds is 1. The molecule has 1 aliphatic rings. The van der Waals surface area contributed by atoms with Gasteiger partial charge in [0.1, 0.15) is 5.82 Å². The molecule has 1 aliphatic heterocycles. The number of benzene rings is 1. The van der Waals surface area contributed by atoms with E-state index in [4.69, 9.17) is 11.6 Å². The summed E-state index contributed by atoms with van der Waals surface area (Å²) in [4.78, 5) is 4.53. The Balaban J connectivity index is 2.15. The minimum Gasteiger partial charge on any atom is -0.327 e. The van der Waals surface area contributed by atoms with Crippen molar-refractivity contribution in [1.29, 1.82) is 0 Å². The van der Waals surface area contributed by atoms with Crippen LogP contribution in [0.1, 0.15) is 24.1 Å². The van der Waals surface area contributed by atoms with Crippen LogP contribution in [0.5, 0.6) is 0 Å². The highest BCUT2D eigenvalue weighted by Gasteiger charge is 2.19. The predicted molar refractivity (Wildman–Crippen MR) is 70.3 cm³/mol. The summed E-state index contributed by atoms with van der Waals surface area (Å²) in [5.74, 6) is 1.02. The number of nitrogens with zero attached hydrogens (tertiary/aromatic N) is 2. The Morgan fingerprint density at radius 1 is 1.29 bits per heavy atom. The third-order valence-electron chi connectivity index (χ3n) is 3.35. The zero-order valence-electron chi connectivity index (χ0n) is 9.91. The van der Waals surface area contributed by atoms with Crippen LogP contribution in [-0.4, -0.2) is 9.55 Å². The number of aryl methyl sites for hydroxylation is 1. The van der Waals surface area contributed by atoms with E-state index in [0.29, 0.717) is 5.15 Å². The molecule has 3 rings (SSSR count). The Morgan fingerprint density at radius 3 is 3.00 bits per heavy atom. The Hall–Kier alpha value is -1.28. The van der Waals surface area contributed by atoms with Gasteiger partial charge in [0.05, 0.1) is 5.69 Å². The van der Waals surface area contributed by atoms with Gasteiger partial charge in [0.15, 0.2) is 5.15 Å². The van der Waals surface area contributed by atoms with Crippen LogP contribution in [0.3, 0.4) is 0 Å². The van der Waals surface area contributed by atoms with Crippen LogP contribution in [-0.2, 0) is 13.0 Å². The van der Waals surface area contributed by atoms with Crippen molar-refractivity contribution in [3.63, 3.8) is 0 Å². The quantitative estimate of drug-likeness (QED) is 0.747. The Morgan fingerprint density at radius 2 is 2.18 bits per heavy atom. The zero-order chi connectivity index (χ0) is 11.8. The molecule has 0 amide bonds. The highest BCUT2D eigenvalue weighted by atomic mass is 35.5. The predicted octanol–water partition coefficient (Wildman–Crippen LogP) is 3.85. The molecule has 0 atom stereocenters. The average Bonchev–Trinajstić information content (AvgIpc) is 2.68. The van der Waals surface area contributed by atoms with Crippen LogP contribution in [0.25, 0.3) is 11.4 Å². The van der Waals surface area contributed by atoms with Crippen molar-refractivity contribution in [3.8, 4) is 11.4 Å². The Labute approximate surface area is 106 Å².